The Labute approximate surface area is 117 Å². The minimum absolute atomic E-state index is 0.403. The predicted molar refractivity (Wildman–Crippen MR) is 78.0 cm³/mol. The van der Waals surface area contributed by atoms with Crippen LogP contribution in [0.1, 0.15) is 43.2 Å². The van der Waals surface area contributed by atoms with Gasteiger partial charge in [0.05, 0.1) is 5.25 Å². The third kappa shape index (κ3) is 3.65. The van der Waals surface area contributed by atoms with Crippen LogP contribution < -0.4 is 5.73 Å². The summed E-state index contributed by atoms with van der Waals surface area (Å²) >= 11 is 4.00. The van der Waals surface area contributed by atoms with Crippen LogP contribution in [0.2, 0.25) is 0 Å². The molecule has 2 rings (SSSR count). The lowest BCUT2D eigenvalue weighted by molar-refractivity contribution is 0.369. The van der Waals surface area contributed by atoms with Crippen molar-refractivity contribution in [2.45, 2.75) is 43.1 Å². The summed E-state index contributed by atoms with van der Waals surface area (Å²) in [5.41, 5.74) is 5.48. The SMILES string of the molecule is CCC1SCCSC1c1noc(CCCCN)n1. The van der Waals surface area contributed by atoms with Gasteiger partial charge in [-0.15, -0.1) is 11.8 Å². The maximum atomic E-state index is 5.48. The molecule has 0 saturated carbocycles. The van der Waals surface area contributed by atoms with Crippen LogP contribution in [0, 0.1) is 0 Å². The minimum Gasteiger partial charge on any atom is -0.339 e. The second kappa shape index (κ2) is 7.40. The van der Waals surface area contributed by atoms with Crippen molar-refractivity contribution < 1.29 is 4.52 Å². The van der Waals surface area contributed by atoms with Crippen LogP contribution in [0.15, 0.2) is 4.52 Å². The Bertz CT molecular complexity index is 359. The molecule has 2 N–H and O–H groups in total. The molecule has 18 heavy (non-hydrogen) atoms. The Kier molecular flexibility index (Phi) is 5.85. The average Bonchev–Trinajstić information content (AvgIpc) is 2.88. The molecular formula is C12H21N3OS2. The van der Waals surface area contributed by atoms with Crippen LogP contribution in [0.5, 0.6) is 0 Å². The summed E-state index contributed by atoms with van der Waals surface area (Å²) in [4.78, 5) is 4.55. The van der Waals surface area contributed by atoms with Gasteiger partial charge in [0.1, 0.15) is 0 Å². The van der Waals surface area contributed by atoms with Crippen molar-refractivity contribution in [2.24, 2.45) is 5.73 Å². The van der Waals surface area contributed by atoms with Gasteiger partial charge in [-0.05, 0) is 25.8 Å². The molecule has 2 unspecified atom stereocenters. The van der Waals surface area contributed by atoms with Gasteiger partial charge in [-0.3, -0.25) is 0 Å². The number of unbranched alkanes of at least 4 members (excludes halogenated alkanes) is 1. The molecule has 102 valence electrons. The van der Waals surface area contributed by atoms with E-state index in [0.717, 1.165) is 37.5 Å². The molecule has 1 saturated heterocycles. The van der Waals surface area contributed by atoms with Crippen molar-refractivity contribution >= 4 is 23.5 Å². The molecule has 6 heteroatoms. The quantitative estimate of drug-likeness (QED) is 0.811. The highest BCUT2D eigenvalue weighted by Crippen LogP contribution is 2.42. The first-order valence-electron chi connectivity index (χ1n) is 6.61. The number of hydrogen-bond acceptors (Lipinski definition) is 6. The highest BCUT2D eigenvalue weighted by Gasteiger charge is 2.30. The van der Waals surface area contributed by atoms with Crippen LogP contribution >= 0.6 is 23.5 Å². The summed E-state index contributed by atoms with van der Waals surface area (Å²) in [7, 11) is 0. The molecule has 0 aliphatic carbocycles. The van der Waals surface area contributed by atoms with Gasteiger partial charge in [0, 0.05) is 23.2 Å². The van der Waals surface area contributed by atoms with E-state index in [2.05, 4.69) is 17.1 Å². The number of rotatable bonds is 6. The first-order valence-corrected chi connectivity index (χ1v) is 8.70. The zero-order chi connectivity index (χ0) is 12.8. The lowest BCUT2D eigenvalue weighted by atomic mass is 10.2. The van der Waals surface area contributed by atoms with Crippen molar-refractivity contribution in [1.82, 2.24) is 10.1 Å². The highest BCUT2D eigenvalue weighted by atomic mass is 32.2. The molecule has 4 nitrogen and oxygen atoms in total. The largest absolute Gasteiger partial charge is 0.339 e. The molecule has 2 atom stereocenters. The normalized spacial score (nSPS) is 24.3. The van der Waals surface area contributed by atoms with Crippen molar-refractivity contribution in [3.05, 3.63) is 11.7 Å². The summed E-state index contributed by atoms with van der Waals surface area (Å²) in [6.45, 7) is 2.97. The second-order valence-corrected chi connectivity index (χ2v) is 7.00. The number of nitrogens with two attached hydrogens (primary N) is 1. The molecule has 1 aromatic rings. The standard InChI is InChI=1S/C12H21N3OS2/c1-2-9-11(18-8-7-17-9)12-14-10(16-15-12)5-3-4-6-13/h9,11H,2-8,13H2,1H3. The lowest BCUT2D eigenvalue weighted by Crippen LogP contribution is -2.19. The highest BCUT2D eigenvalue weighted by molar-refractivity contribution is 8.06. The molecule has 1 aliphatic heterocycles. The molecule has 0 aromatic carbocycles. The van der Waals surface area contributed by atoms with E-state index in [9.17, 15) is 0 Å². The Hall–Kier alpha value is -0.200. The van der Waals surface area contributed by atoms with Crippen molar-refractivity contribution in [3.63, 3.8) is 0 Å². The van der Waals surface area contributed by atoms with E-state index in [-0.39, 0.29) is 0 Å². The predicted octanol–water partition coefficient (Wildman–Crippen LogP) is 2.65. The van der Waals surface area contributed by atoms with E-state index in [1.807, 2.05) is 23.5 Å². The van der Waals surface area contributed by atoms with E-state index in [4.69, 9.17) is 10.3 Å². The topological polar surface area (TPSA) is 64.9 Å². The number of aryl methyl sites for hydroxylation is 1. The molecule has 1 fully saturated rings. The van der Waals surface area contributed by atoms with Gasteiger partial charge >= 0.3 is 0 Å². The van der Waals surface area contributed by atoms with E-state index in [0.29, 0.717) is 10.5 Å². The minimum atomic E-state index is 0.403. The zero-order valence-corrected chi connectivity index (χ0v) is 12.4. The number of aromatic nitrogens is 2. The Morgan fingerprint density at radius 2 is 2.17 bits per heavy atom. The molecule has 0 spiro atoms. The molecule has 1 aromatic heterocycles. The van der Waals surface area contributed by atoms with Gasteiger partial charge in [-0.25, -0.2) is 0 Å². The third-order valence-electron chi connectivity index (χ3n) is 3.04. The number of nitrogens with zero attached hydrogens (tertiary/aromatic N) is 2. The molecular weight excluding hydrogens is 266 g/mol. The summed E-state index contributed by atoms with van der Waals surface area (Å²) in [5, 5.41) is 5.19. The van der Waals surface area contributed by atoms with Crippen LogP contribution in [0.4, 0.5) is 0 Å². The van der Waals surface area contributed by atoms with Gasteiger partial charge in [-0.2, -0.15) is 16.7 Å². The maximum Gasteiger partial charge on any atom is 0.226 e. The second-order valence-electron chi connectivity index (χ2n) is 4.40. The molecule has 0 amide bonds. The monoisotopic (exact) mass is 287 g/mol. The Morgan fingerprint density at radius 3 is 2.94 bits per heavy atom. The third-order valence-corrected chi connectivity index (χ3v) is 6.28. The molecule has 2 heterocycles. The van der Waals surface area contributed by atoms with Crippen LogP contribution in [-0.4, -0.2) is 33.4 Å². The summed E-state index contributed by atoms with van der Waals surface area (Å²) < 4.78 is 5.33. The average molecular weight is 287 g/mol. The summed E-state index contributed by atoms with van der Waals surface area (Å²) in [6.07, 6.45) is 4.07. The number of thioether (sulfide) groups is 2. The molecule has 1 aliphatic rings. The van der Waals surface area contributed by atoms with E-state index in [1.165, 1.54) is 17.9 Å². The first-order chi connectivity index (χ1) is 8.85. The zero-order valence-electron chi connectivity index (χ0n) is 10.8. The summed E-state index contributed by atoms with van der Waals surface area (Å²) in [5.74, 6) is 4.08. The summed E-state index contributed by atoms with van der Waals surface area (Å²) in [6, 6.07) is 0. The van der Waals surface area contributed by atoms with Gasteiger partial charge in [0.2, 0.25) is 5.89 Å². The van der Waals surface area contributed by atoms with E-state index >= 15 is 0 Å². The molecule has 0 radical (unpaired) electrons. The van der Waals surface area contributed by atoms with Crippen LogP contribution in [0.25, 0.3) is 0 Å². The van der Waals surface area contributed by atoms with Gasteiger partial charge in [-0.1, -0.05) is 12.1 Å². The van der Waals surface area contributed by atoms with Crippen molar-refractivity contribution in [2.75, 3.05) is 18.1 Å². The van der Waals surface area contributed by atoms with Gasteiger partial charge in [0.25, 0.3) is 0 Å². The smallest absolute Gasteiger partial charge is 0.226 e. The van der Waals surface area contributed by atoms with E-state index < -0.39 is 0 Å². The Morgan fingerprint density at radius 1 is 1.33 bits per heavy atom. The Balaban J connectivity index is 1.95. The first kappa shape index (κ1) is 14.2. The fourth-order valence-corrected chi connectivity index (χ4v) is 5.03. The fraction of sp³-hybridized carbons (Fsp3) is 0.833. The number of hydrogen-bond donors (Lipinski definition) is 1. The van der Waals surface area contributed by atoms with Gasteiger partial charge in [0.15, 0.2) is 5.82 Å². The van der Waals surface area contributed by atoms with Crippen molar-refractivity contribution in [1.29, 1.82) is 0 Å². The molecule has 0 bridgehead atoms. The maximum absolute atomic E-state index is 5.48. The lowest BCUT2D eigenvalue weighted by Gasteiger charge is -2.27. The van der Waals surface area contributed by atoms with Crippen LogP contribution in [-0.2, 0) is 6.42 Å². The van der Waals surface area contributed by atoms with Gasteiger partial charge < -0.3 is 10.3 Å². The fourth-order valence-electron chi connectivity index (χ4n) is 2.05. The van der Waals surface area contributed by atoms with Crippen LogP contribution in [0.3, 0.4) is 0 Å². The van der Waals surface area contributed by atoms with E-state index in [1.54, 1.807) is 0 Å². The van der Waals surface area contributed by atoms with Crippen molar-refractivity contribution in [3.8, 4) is 0 Å².